The normalized spacial score (nSPS) is 10.9. The lowest BCUT2D eigenvalue weighted by molar-refractivity contribution is 0.128. The summed E-state index contributed by atoms with van der Waals surface area (Å²) >= 11 is 5.22. The minimum atomic E-state index is 0.143. The number of ether oxygens (including phenoxy) is 2. The molecule has 0 aliphatic carbocycles. The summed E-state index contributed by atoms with van der Waals surface area (Å²) in [5, 5.41) is 0. The zero-order valence-corrected chi connectivity index (χ0v) is 13.4. The average Bonchev–Trinajstić information content (AvgIpc) is 2.44. The van der Waals surface area contributed by atoms with Crippen LogP contribution in [0.3, 0.4) is 0 Å². The van der Waals surface area contributed by atoms with Gasteiger partial charge in [0.05, 0.1) is 6.10 Å². The van der Waals surface area contributed by atoms with E-state index in [0.717, 1.165) is 22.8 Å². The molecule has 1 aromatic heterocycles. The molecule has 21 heavy (non-hydrogen) atoms. The van der Waals surface area contributed by atoms with E-state index in [9.17, 15) is 0 Å². The van der Waals surface area contributed by atoms with Crippen molar-refractivity contribution in [1.82, 2.24) is 9.97 Å². The van der Waals surface area contributed by atoms with E-state index in [4.69, 9.17) is 21.7 Å². The molecule has 1 heterocycles. The van der Waals surface area contributed by atoms with Gasteiger partial charge in [-0.3, -0.25) is 0 Å². The fourth-order valence-corrected chi connectivity index (χ4v) is 2.17. The lowest BCUT2D eigenvalue weighted by atomic mass is 10.1. The maximum Gasteiger partial charge on any atom is 0.134 e. The van der Waals surface area contributed by atoms with Crippen molar-refractivity contribution in [2.24, 2.45) is 0 Å². The van der Waals surface area contributed by atoms with Crippen LogP contribution < -0.4 is 4.74 Å². The SMILES string of the molecule is CCOCc1nc(=S)cc(-c2cccc(OC(C)C)c2)[nH]1. The number of benzene rings is 1. The summed E-state index contributed by atoms with van der Waals surface area (Å²) in [6, 6.07) is 9.76. The van der Waals surface area contributed by atoms with Crippen molar-refractivity contribution in [3.63, 3.8) is 0 Å². The molecule has 0 aliphatic rings. The van der Waals surface area contributed by atoms with Crippen LogP contribution in [0.2, 0.25) is 0 Å². The van der Waals surface area contributed by atoms with E-state index in [-0.39, 0.29) is 6.10 Å². The van der Waals surface area contributed by atoms with Crippen LogP contribution in [0.15, 0.2) is 30.3 Å². The molecule has 0 aliphatic heterocycles. The Bertz CT molecular complexity index is 653. The number of aromatic nitrogens is 2. The quantitative estimate of drug-likeness (QED) is 0.815. The van der Waals surface area contributed by atoms with E-state index in [1.165, 1.54) is 0 Å². The second kappa shape index (κ2) is 7.33. The van der Waals surface area contributed by atoms with Gasteiger partial charge in [-0.1, -0.05) is 24.4 Å². The molecule has 0 amide bonds. The lowest BCUT2D eigenvalue weighted by Gasteiger charge is -2.11. The third-order valence-corrected chi connectivity index (χ3v) is 2.96. The summed E-state index contributed by atoms with van der Waals surface area (Å²) in [6.45, 7) is 7.03. The highest BCUT2D eigenvalue weighted by atomic mass is 32.1. The van der Waals surface area contributed by atoms with Gasteiger partial charge in [-0.2, -0.15) is 0 Å². The van der Waals surface area contributed by atoms with Crippen LogP contribution in [0.1, 0.15) is 26.6 Å². The Balaban J connectivity index is 2.32. The molecule has 5 heteroatoms. The number of hydrogen-bond donors (Lipinski definition) is 1. The number of H-pyrrole nitrogens is 1. The van der Waals surface area contributed by atoms with E-state index in [2.05, 4.69) is 9.97 Å². The van der Waals surface area contributed by atoms with Gasteiger partial charge in [0.2, 0.25) is 0 Å². The van der Waals surface area contributed by atoms with E-state index >= 15 is 0 Å². The highest BCUT2D eigenvalue weighted by Gasteiger charge is 2.05. The van der Waals surface area contributed by atoms with Crippen molar-refractivity contribution in [3.05, 3.63) is 40.8 Å². The predicted octanol–water partition coefficient (Wildman–Crippen LogP) is 4.13. The standard InChI is InChI=1S/C16H20N2O2S/c1-4-19-10-15-17-14(9-16(21)18-15)12-6-5-7-13(8-12)20-11(2)3/h5-9,11H,4,10H2,1-3H3,(H,17,18,21). The molecule has 0 spiro atoms. The molecule has 4 nitrogen and oxygen atoms in total. The Morgan fingerprint density at radius 1 is 1.29 bits per heavy atom. The molecule has 2 rings (SSSR count). The Morgan fingerprint density at radius 3 is 2.81 bits per heavy atom. The summed E-state index contributed by atoms with van der Waals surface area (Å²) in [5.41, 5.74) is 1.93. The third kappa shape index (κ3) is 4.65. The van der Waals surface area contributed by atoms with Crippen LogP contribution in [-0.2, 0) is 11.3 Å². The molecule has 1 aromatic carbocycles. The van der Waals surface area contributed by atoms with E-state index < -0.39 is 0 Å². The Kier molecular flexibility index (Phi) is 5.47. The summed E-state index contributed by atoms with van der Waals surface area (Å²) in [6.07, 6.45) is 0.143. The molecule has 0 radical (unpaired) electrons. The highest BCUT2D eigenvalue weighted by Crippen LogP contribution is 2.23. The first-order chi connectivity index (χ1) is 10.1. The number of hydrogen-bond acceptors (Lipinski definition) is 4. The van der Waals surface area contributed by atoms with Gasteiger partial charge in [-0.15, -0.1) is 0 Å². The van der Waals surface area contributed by atoms with Gasteiger partial charge in [0, 0.05) is 17.9 Å². The summed E-state index contributed by atoms with van der Waals surface area (Å²) in [4.78, 5) is 7.53. The van der Waals surface area contributed by atoms with Crippen LogP contribution in [-0.4, -0.2) is 22.7 Å². The molecule has 0 unspecified atom stereocenters. The van der Waals surface area contributed by atoms with Gasteiger partial charge < -0.3 is 14.5 Å². The monoisotopic (exact) mass is 304 g/mol. The molecular weight excluding hydrogens is 284 g/mol. The van der Waals surface area contributed by atoms with Gasteiger partial charge in [0.15, 0.2) is 0 Å². The first kappa shape index (κ1) is 15.7. The van der Waals surface area contributed by atoms with Crippen LogP contribution in [0.5, 0.6) is 5.75 Å². The molecule has 2 aromatic rings. The van der Waals surface area contributed by atoms with E-state index in [0.29, 0.717) is 17.9 Å². The molecule has 0 bridgehead atoms. The first-order valence-corrected chi connectivity index (χ1v) is 7.44. The molecule has 0 saturated carbocycles. The zero-order chi connectivity index (χ0) is 15.2. The van der Waals surface area contributed by atoms with Crippen LogP contribution in [0, 0.1) is 4.64 Å². The van der Waals surface area contributed by atoms with Gasteiger partial charge in [0.25, 0.3) is 0 Å². The topological polar surface area (TPSA) is 47.1 Å². The van der Waals surface area contributed by atoms with Crippen molar-refractivity contribution < 1.29 is 9.47 Å². The molecule has 0 fully saturated rings. The van der Waals surface area contributed by atoms with Gasteiger partial charge in [-0.25, -0.2) is 4.98 Å². The average molecular weight is 304 g/mol. The first-order valence-electron chi connectivity index (χ1n) is 7.03. The van der Waals surface area contributed by atoms with Crippen molar-refractivity contribution in [1.29, 1.82) is 0 Å². The predicted molar refractivity (Wildman–Crippen MR) is 86.0 cm³/mol. The minimum Gasteiger partial charge on any atom is -0.491 e. The highest BCUT2D eigenvalue weighted by molar-refractivity contribution is 7.71. The molecular formula is C16H20N2O2S. The largest absolute Gasteiger partial charge is 0.491 e. The fraction of sp³-hybridized carbons (Fsp3) is 0.375. The zero-order valence-electron chi connectivity index (χ0n) is 12.6. The van der Waals surface area contributed by atoms with Crippen molar-refractivity contribution in [2.45, 2.75) is 33.5 Å². The van der Waals surface area contributed by atoms with Gasteiger partial charge in [-0.05, 0) is 39.0 Å². The second-order valence-electron chi connectivity index (χ2n) is 4.91. The van der Waals surface area contributed by atoms with Gasteiger partial charge >= 0.3 is 0 Å². The number of aromatic amines is 1. The number of rotatable bonds is 6. The van der Waals surface area contributed by atoms with Crippen LogP contribution >= 0.6 is 12.2 Å². The maximum atomic E-state index is 5.72. The molecule has 0 saturated heterocycles. The third-order valence-electron chi connectivity index (χ3n) is 2.75. The van der Waals surface area contributed by atoms with Gasteiger partial charge in [0.1, 0.15) is 22.8 Å². The Morgan fingerprint density at radius 2 is 2.10 bits per heavy atom. The van der Waals surface area contributed by atoms with Crippen molar-refractivity contribution in [3.8, 4) is 17.0 Å². The lowest BCUT2D eigenvalue weighted by Crippen LogP contribution is -2.05. The number of nitrogens with one attached hydrogen (secondary N) is 1. The maximum absolute atomic E-state index is 5.72. The summed E-state index contributed by atoms with van der Waals surface area (Å²) in [5.74, 6) is 1.57. The van der Waals surface area contributed by atoms with E-state index in [1.807, 2.05) is 51.1 Å². The Hall–Kier alpha value is -1.72. The summed E-state index contributed by atoms with van der Waals surface area (Å²) in [7, 11) is 0. The van der Waals surface area contributed by atoms with Crippen molar-refractivity contribution >= 4 is 12.2 Å². The Labute approximate surface area is 130 Å². The smallest absolute Gasteiger partial charge is 0.134 e. The van der Waals surface area contributed by atoms with Crippen molar-refractivity contribution in [2.75, 3.05) is 6.61 Å². The van der Waals surface area contributed by atoms with Crippen LogP contribution in [0.4, 0.5) is 0 Å². The van der Waals surface area contributed by atoms with E-state index in [1.54, 1.807) is 0 Å². The molecule has 0 atom stereocenters. The van der Waals surface area contributed by atoms with Crippen LogP contribution in [0.25, 0.3) is 11.3 Å². The fourth-order valence-electron chi connectivity index (χ4n) is 1.94. The molecule has 112 valence electrons. The minimum absolute atomic E-state index is 0.143. The second-order valence-corrected chi connectivity index (χ2v) is 5.33. The molecule has 1 N–H and O–H groups in total. The summed E-state index contributed by atoms with van der Waals surface area (Å²) < 4.78 is 11.6. The number of nitrogens with zero attached hydrogens (tertiary/aromatic N) is 1.